The molecule has 158 valence electrons. The highest BCUT2D eigenvalue weighted by molar-refractivity contribution is 5.97. The Kier molecular flexibility index (Phi) is 5.79. The number of para-hydroxylation sites is 1. The summed E-state index contributed by atoms with van der Waals surface area (Å²) in [7, 11) is 0. The van der Waals surface area contributed by atoms with Gasteiger partial charge in [0.1, 0.15) is 11.1 Å². The molecule has 1 saturated carbocycles. The van der Waals surface area contributed by atoms with Gasteiger partial charge in [-0.3, -0.25) is 14.4 Å². The van der Waals surface area contributed by atoms with Gasteiger partial charge in [0.25, 0.3) is 11.8 Å². The second-order valence-electron chi connectivity index (χ2n) is 7.34. The topological polar surface area (TPSA) is 118 Å². The van der Waals surface area contributed by atoms with Gasteiger partial charge in [-0.25, -0.2) is 4.79 Å². The summed E-state index contributed by atoms with van der Waals surface area (Å²) in [4.78, 5) is 48.3. The van der Waals surface area contributed by atoms with Crippen LogP contribution in [0.3, 0.4) is 0 Å². The standard InChI is InChI=1S/C23H21N3O5/c27-20(14-7-9-17(10-8-14)26-21(28)15-5-6-15)24-11-12-25-22(29)18-13-16-3-1-2-4-19(16)31-23(18)30/h1-4,7-10,13,15H,5-6,11-12H2,(H,24,27)(H,25,29)(H,26,28). The van der Waals surface area contributed by atoms with Crippen molar-refractivity contribution in [3.63, 3.8) is 0 Å². The molecule has 8 nitrogen and oxygen atoms in total. The minimum Gasteiger partial charge on any atom is -0.422 e. The zero-order valence-corrected chi connectivity index (χ0v) is 16.6. The Hall–Kier alpha value is -3.94. The number of amides is 3. The second-order valence-corrected chi connectivity index (χ2v) is 7.34. The molecule has 3 N–H and O–H groups in total. The molecule has 3 aromatic rings. The van der Waals surface area contributed by atoms with E-state index >= 15 is 0 Å². The molecule has 0 aliphatic heterocycles. The first-order valence-corrected chi connectivity index (χ1v) is 10.0. The SMILES string of the molecule is O=C(NCCNC(=O)c1cc2ccccc2oc1=O)c1ccc(NC(=O)C2CC2)cc1. The molecule has 1 aliphatic rings. The number of anilines is 1. The summed E-state index contributed by atoms with van der Waals surface area (Å²) in [5, 5.41) is 8.76. The Morgan fingerprint density at radius 3 is 2.29 bits per heavy atom. The molecule has 0 radical (unpaired) electrons. The summed E-state index contributed by atoms with van der Waals surface area (Å²) in [5.74, 6) is -0.753. The minimum atomic E-state index is -0.714. The number of hydrogen-bond donors (Lipinski definition) is 3. The first-order valence-electron chi connectivity index (χ1n) is 10.0. The lowest BCUT2D eigenvalue weighted by molar-refractivity contribution is -0.117. The average molecular weight is 419 g/mol. The Morgan fingerprint density at radius 2 is 1.58 bits per heavy atom. The van der Waals surface area contributed by atoms with Gasteiger partial charge in [0, 0.05) is 35.6 Å². The van der Waals surface area contributed by atoms with E-state index in [1.807, 2.05) is 0 Å². The molecule has 3 amide bonds. The molecule has 0 bridgehead atoms. The Morgan fingerprint density at radius 1 is 0.903 bits per heavy atom. The first-order chi connectivity index (χ1) is 15.0. The third kappa shape index (κ3) is 4.98. The molecular formula is C23H21N3O5. The van der Waals surface area contributed by atoms with Crippen LogP contribution in [-0.2, 0) is 4.79 Å². The fourth-order valence-electron chi connectivity index (χ4n) is 3.06. The van der Waals surface area contributed by atoms with Crippen molar-refractivity contribution >= 4 is 34.4 Å². The largest absolute Gasteiger partial charge is 0.422 e. The fraction of sp³-hybridized carbons (Fsp3) is 0.217. The van der Waals surface area contributed by atoms with E-state index in [0.29, 0.717) is 22.2 Å². The van der Waals surface area contributed by atoms with E-state index < -0.39 is 11.5 Å². The quantitative estimate of drug-likeness (QED) is 0.401. The maximum atomic E-state index is 12.3. The van der Waals surface area contributed by atoms with Crippen LogP contribution >= 0.6 is 0 Å². The van der Waals surface area contributed by atoms with Gasteiger partial charge in [-0.05, 0) is 49.2 Å². The normalized spacial score (nSPS) is 12.9. The molecule has 1 aliphatic carbocycles. The summed E-state index contributed by atoms with van der Waals surface area (Å²) >= 11 is 0. The number of fused-ring (bicyclic) bond motifs is 1. The predicted octanol–water partition coefficient (Wildman–Crippen LogP) is 2.30. The Balaban J connectivity index is 1.26. The Labute approximate surface area is 177 Å². The van der Waals surface area contributed by atoms with Gasteiger partial charge in [-0.1, -0.05) is 18.2 Å². The zero-order chi connectivity index (χ0) is 21.8. The van der Waals surface area contributed by atoms with Crippen molar-refractivity contribution in [2.45, 2.75) is 12.8 Å². The van der Waals surface area contributed by atoms with Gasteiger partial charge < -0.3 is 20.4 Å². The second kappa shape index (κ2) is 8.83. The summed E-state index contributed by atoms with van der Waals surface area (Å²) in [6, 6.07) is 15.0. The predicted molar refractivity (Wildman–Crippen MR) is 115 cm³/mol. The molecule has 0 spiro atoms. The van der Waals surface area contributed by atoms with Gasteiger partial charge in [0.05, 0.1) is 0 Å². The minimum absolute atomic E-state index is 0.00777. The van der Waals surface area contributed by atoms with Gasteiger partial charge in [0.15, 0.2) is 0 Å². The number of benzene rings is 2. The van der Waals surface area contributed by atoms with E-state index in [2.05, 4.69) is 16.0 Å². The maximum Gasteiger partial charge on any atom is 0.349 e. The van der Waals surface area contributed by atoms with E-state index in [1.165, 1.54) is 6.07 Å². The van der Waals surface area contributed by atoms with Crippen molar-refractivity contribution < 1.29 is 18.8 Å². The summed E-state index contributed by atoms with van der Waals surface area (Å²) < 4.78 is 5.15. The molecule has 0 atom stereocenters. The molecule has 8 heteroatoms. The summed E-state index contributed by atoms with van der Waals surface area (Å²) in [6.45, 7) is 0.329. The monoisotopic (exact) mass is 419 g/mol. The highest BCUT2D eigenvalue weighted by Gasteiger charge is 2.29. The summed E-state index contributed by atoms with van der Waals surface area (Å²) in [5.41, 5.74) is 0.693. The molecule has 2 aromatic carbocycles. The molecule has 0 unspecified atom stereocenters. The molecule has 0 saturated heterocycles. The third-order valence-corrected chi connectivity index (χ3v) is 4.94. The molecule has 1 fully saturated rings. The molecule has 31 heavy (non-hydrogen) atoms. The van der Waals surface area contributed by atoms with Crippen LogP contribution in [0.25, 0.3) is 11.0 Å². The van der Waals surface area contributed by atoms with Crippen LogP contribution in [0.4, 0.5) is 5.69 Å². The number of rotatable bonds is 7. The van der Waals surface area contributed by atoms with Gasteiger partial charge >= 0.3 is 5.63 Å². The van der Waals surface area contributed by atoms with Crippen molar-refractivity contribution in [1.29, 1.82) is 0 Å². The van der Waals surface area contributed by atoms with Gasteiger partial charge in [-0.2, -0.15) is 0 Å². The smallest absolute Gasteiger partial charge is 0.349 e. The number of nitrogens with one attached hydrogen (secondary N) is 3. The number of carbonyl (C=O) groups is 3. The maximum absolute atomic E-state index is 12.3. The van der Waals surface area contributed by atoms with Crippen LogP contribution in [0.15, 0.2) is 63.8 Å². The van der Waals surface area contributed by atoms with Crippen LogP contribution in [0.5, 0.6) is 0 Å². The zero-order valence-electron chi connectivity index (χ0n) is 16.6. The lowest BCUT2D eigenvalue weighted by atomic mass is 10.2. The number of hydrogen-bond acceptors (Lipinski definition) is 5. The lowest BCUT2D eigenvalue weighted by Crippen LogP contribution is -2.36. The van der Waals surface area contributed by atoms with Crippen LogP contribution in [0, 0.1) is 5.92 Å². The molecule has 1 heterocycles. The Bertz CT molecular complexity index is 1200. The van der Waals surface area contributed by atoms with E-state index in [9.17, 15) is 19.2 Å². The highest BCUT2D eigenvalue weighted by atomic mass is 16.4. The van der Waals surface area contributed by atoms with Crippen molar-refractivity contribution in [3.8, 4) is 0 Å². The van der Waals surface area contributed by atoms with Gasteiger partial charge in [0.2, 0.25) is 5.91 Å². The van der Waals surface area contributed by atoms with E-state index in [1.54, 1.807) is 48.5 Å². The van der Waals surface area contributed by atoms with Crippen molar-refractivity contribution in [2.24, 2.45) is 5.92 Å². The van der Waals surface area contributed by atoms with Crippen LogP contribution in [0.2, 0.25) is 0 Å². The molecule has 1 aromatic heterocycles. The van der Waals surface area contributed by atoms with E-state index in [0.717, 1.165) is 12.8 Å². The molecular weight excluding hydrogens is 398 g/mol. The van der Waals surface area contributed by atoms with E-state index in [4.69, 9.17) is 4.42 Å². The van der Waals surface area contributed by atoms with Crippen molar-refractivity contribution in [3.05, 3.63) is 76.1 Å². The fourth-order valence-corrected chi connectivity index (χ4v) is 3.06. The first kappa shape index (κ1) is 20.3. The summed E-state index contributed by atoms with van der Waals surface area (Å²) in [6.07, 6.45) is 1.85. The van der Waals surface area contributed by atoms with E-state index in [-0.39, 0.29) is 36.4 Å². The van der Waals surface area contributed by atoms with Crippen molar-refractivity contribution in [1.82, 2.24) is 10.6 Å². The average Bonchev–Trinajstić information content (AvgIpc) is 3.62. The van der Waals surface area contributed by atoms with Crippen LogP contribution in [-0.4, -0.2) is 30.8 Å². The van der Waals surface area contributed by atoms with Crippen LogP contribution < -0.4 is 21.6 Å². The van der Waals surface area contributed by atoms with Crippen LogP contribution in [0.1, 0.15) is 33.6 Å². The van der Waals surface area contributed by atoms with Crippen molar-refractivity contribution in [2.75, 3.05) is 18.4 Å². The third-order valence-electron chi connectivity index (χ3n) is 4.94. The highest BCUT2D eigenvalue weighted by Crippen LogP contribution is 2.30. The lowest BCUT2D eigenvalue weighted by Gasteiger charge is -2.08. The molecule has 4 rings (SSSR count). The van der Waals surface area contributed by atoms with Gasteiger partial charge in [-0.15, -0.1) is 0 Å². The number of carbonyl (C=O) groups excluding carboxylic acids is 3.